The number of hydrogen-bond donors (Lipinski definition) is 1. The quantitative estimate of drug-likeness (QED) is 0.903. The Kier molecular flexibility index (Phi) is 4.97. The van der Waals surface area contributed by atoms with Crippen molar-refractivity contribution < 1.29 is 4.79 Å². The summed E-state index contributed by atoms with van der Waals surface area (Å²) in [6, 6.07) is 10.7. The van der Waals surface area contributed by atoms with Gasteiger partial charge in [0.25, 0.3) is 0 Å². The van der Waals surface area contributed by atoms with Gasteiger partial charge in [0.05, 0.1) is 0 Å². The molecular weight excluding hydrogens is 236 g/mol. The number of amides is 1. The molecule has 2 atom stereocenters. The van der Waals surface area contributed by atoms with Crippen LogP contribution in [-0.2, 0) is 4.79 Å². The summed E-state index contributed by atoms with van der Waals surface area (Å²) in [7, 11) is 0. The minimum atomic E-state index is 0.267. The summed E-state index contributed by atoms with van der Waals surface area (Å²) in [5, 5.41) is 0. The van der Waals surface area contributed by atoms with Gasteiger partial charge in [-0.1, -0.05) is 37.3 Å². The lowest BCUT2D eigenvalue weighted by Gasteiger charge is -2.37. The van der Waals surface area contributed by atoms with Crippen molar-refractivity contribution in [2.75, 3.05) is 19.6 Å². The Morgan fingerprint density at radius 2 is 2.11 bits per heavy atom. The van der Waals surface area contributed by atoms with Crippen molar-refractivity contribution >= 4 is 5.91 Å². The Balaban J connectivity index is 1.93. The highest BCUT2D eigenvalue weighted by Crippen LogP contribution is 2.32. The molecule has 1 heterocycles. The third-order valence-corrected chi connectivity index (χ3v) is 4.08. The molecule has 19 heavy (non-hydrogen) atoms. The molecule has 0 aromatic heterocycles. The maximum atomic E-state index is 12.0. The third kappa shape index (κ3) is 3.57. The molecule has 0 aliphatic carbocycles. The summed E-state index contributed by atoms with van der Waals surface area (Å²) in [5.74, 6) is 1.38. The van der Waals surface area contributed by atoms with E-state index in [1.54, 1.807) is 0 Å². The van der Waals surface area contributed by atoms with E-state index in [-0.39, 0.29) is 5.91 Å². The molecule has 0 spiro atoms. The zero-order chi connectivity index (χ0) is 13.7. The Morgan fingerprint density at radius 3 is 2.74 bits per heavy atom. The van der Waals surface area contributed by atoms with Crippen LogP contribution in [0.15, 0.2) is 30.3 Å². The summed E-state index contributed by atoms with van der Waals surface area (Å²) >= 11 is 0. The fourth-order valence-electron chi connectivity index (χ4n) is 2.98. The number of hydrogen-bond acceptors (Lipinski definition) is 2. The van der Waals surface area contributed by atoms with Gasteiger partial charge in [-0.05, 0) is 36.8 Å². The van der Waals surface area contributed by atoms with Crippen LogP contribution in [0.25, 0.3) is 0 Å². The number of likely N-dealkylation sites (tertiary alicyclic amines) is 1. The van der Waals surface area contributed by atoms with Gasteiger partial charge in [-0.3, -0.25) is 4.79 Å². The Labute approximate surface area is 115 Å². The minimum absolute atomic E-state index is 0.267. The standard InChI is InChI=1S/C16H24N2O/c1-13-12-18(16(19)8-5-10-17)11-9-15(13)14-6-3-2-4-7-14/h2-4,6-7,13,15H,5,8-12,17H2,1H3. The molecule has 0 saturated carbocycles. The van der Waals surface area contributed by atoms with E-state index in [9.17, 15) is 4.79 Å². The van der Waals surface area contributed by atoms with Crippen molar-refractivity contribution in [3.05, 3.63) is 35.9 Å². The number of benzene rings is 1. The van der Waals surface area contributed by atoms with Crippen LogP contribution < -0.4 is 5.73 Å². The predicted octanol–water partition coefficient (Wildman–Crippen LogP) is 2.38. The molecule has 1 aliphatic heterocycles. The van der Waals surface area contributed by atoms with E-state index in [1.165, 1.54) is 5.56 Å². The molecule has 1 amide bonds. The van der Waals surface area contributed by atoms with E-state index < -0.39 is 0 Å². The van der Waals surface area contributed by atoms with Crippen molar-refractivity contribution in [3.8, 4) is 0 Å². The number of nitrogens with two attached hydrogens (primary N) is 1. The molecule has 1 saturated heterocycles. The molecule has 2 N–H and O–H groups in total. The van der Waals surface area contributed by atoms with Gasteiger partial charge < -0.3 is 10.6 Å². The van der Waals surface area contributed by atoms with Crippen LogP contribution in [0.1, 0.15) is 37.7 Å². The van der Waals surface area contributed by atoms with E-state index in [4.69, 9.17) is 5.73 Å². The average molecular weight is 260 g/mol. The van der Waals surface area contributed by atoms with Crippen molar-refractivity contribution in [2.24, 2.45) is 11.7 Å². The summed E-state index contributed by atoms with van der Waals surface area (Å²) in [6.07, 6.45) is 2.46. The molecule has 0 radical (unpaired) electrons. The van der Waals surface area contributed by atoms with E-state index in [2.05, 4.69) is 37.3 Å². The second-order valence-corrected chi connectivity index (χ2v) is 5.52. The molecule has 104 valence electrons. The molecule has 1 aliphatic rings. The van der Waals surface area contributed by atoms with E-state index in [1.807, 2.05) is 4.90 Å². The van der Waals surface area contributed by atoms with Crippen LogP contribution in [0, 0.1) is 5.92 Å². The van der Waals surface area contributed by atoms with Crippen molar-refractivity contribution in [3.63, 3.8) is 0 Å². The third-order valence-electron chi connectivity index (χ3n) is 4.08. The Bertz CT molecular complexity index is 404. The normalized spacial score (nSPS) is 23.4. The first kappa shape index (κ1) is 14.1. The monoisotopic (exact) mass is 260 g/mol. The maximum absolute atomic E-state index is 12.0. The molecule has 1 fully saturated rings. The van der Waals surface area contributed by atoms with Crippen molar-refractivity contribution in [1.29, 1.82) is 0 Å². The first-order chi connectivity index (χ1) is 9.22. The summed E-state index contributed by atoms with van der Waals surface area (Å²) in [6.45, 7) is 4.61. The molecule has 1 aromatic rings. The van der Waals surface area contributed by atoms with Gasteiger partial charge >= 0.3 is 0 Å². The van der Waals surface area contributed by atoms with Crippen LogP contribution in [0.5, 0.6) is 0 Å². The van der Waals surface area contributed by atoms with Crippen LogP contribution >= 0.6 is 0 Å². The molecule has 2 rings (SSSR count). The fraction of sp³-hybridized carbons (Fsp3) is 0.562. The molecule has 1 aromatic carbocycles. The van der Waals surface area contributed by atoms with Crippen LogP contribution in [0.3, 0.4) is 0 Å². The highest BCUT2D eigenvalue weighted by molar-refractivity contribution is 5.76. The number of rotatable bonds is 4. The average Bonchev–Trinajstić information content (AvgIpc) is 2.45. The number of piperidine rings is 1. The molecular formula is C16H24N2O. The molecule has 2 unspecified atom stereocenters. The van der Waals surface area contributed by atoms with Crippen molar-refractivity contribution in [1.82, 2.24) is 4.90 Å². The van der Waals surface area contributed by atoms with E-state index >= 15 is 0 Å². The highest BCUT2D eigenvalue weighted by Gasteiger charge is 2.29. The van der Waals surface area contributed by atoms with Gasteiger partial charge in [0.15, 0.2) is 0 Å². The largest absolute Gasteiger partial charge is 0.342 e. The predicted molar refractivity (Wildman–Crippen MR) is 77.8 cm³/mol. The molecule has 3 nitrogen and oxygen atoms in total. The lowest BCUT2D eigenvalue weighted by Crippen LogP contribution is -2.42. The Hall–Kier alpha value is -1.35. The first-order valence-corrected chi connectivity index (χ1v) is 7.25. The number of carbonyl (C=O) groups excluding carboxylic acids is 1. The summed E-state index contributed by atoms with van der Waals surface area (Å²) in [5.41, 5.74) is 6.87. The lowest BCUT2D eigenvalue weighted by molar-refractivity contribution is -0.133. The molecule has 0 bridgehead atoms. The van der Waals surface area contributed by atoms with Crippen molar-refractivity contribution in [2.45, 2.75) is 32.1 Å². The first-order valence-electron chi connectivity index (χ1n) is 7.25. The second-order valence-electron chi connectivity index (χ2n) is 5.52. The SMILES string of the molecule is CC1CN(C(=O)CCCN)CCC1c1ccccc1. The fourth-order valence-corrected chi connectivity index (χ4v) is 2.98. The number of nitrogens with zero attached hydrogens (tertiary/aromatic N) is 1. The van der Waals surface area contributed by atoms with Crippen LogP contribution in [0.4, 0.5) is 0 Å². The maximum Gasteiger partial charge on any atom is 0.222 e. The zero-order valence-corrected chi connectivity index (χ0v) is 11.7. The highest BCUT2D eigenvalue weighted by atomic mass is 16.2. The van der Waals surface area contributed by atoms with Gasteiger partial charge in [-0.25, -0.2) is 0 Å². The lowest BCUT2D eigenvalue weighted by atomic mass is 9.81. The van der Waals surface area contributed by atoms with Gasteiger partial charge in [0, 0.05) is 19.5 Å². The summed E-state index contributed by atoms with van der Waals surface area (Å²) in [4.78, 5) is 14.0. The second kappa shape index (κ2) is 6.71. The minimum Gasteiger partial charge on any atom is -0.342 e. The molecule has 3 heteroatoms. The van der Waals surface area contributed by atoms with E-state index in [0.717, 1.165) is 25.9 Å². The smallest absolute Gasteiger partial charge is 0.222 e. The van der Waals surface area contributed by atoms with E-state index in [0.29, 0.717) is 24.8 Å². The Morgan fingerprint density at radius 1 is 1.37 bits per heavy atom. The topological polar surface area (TPSA) is 46.3 Å². The van der Waals surface area contributed by atoms with Crippen LogP contribution in [0.2, 0.25) is 0 Å². The number of carbonyl (C=O) groups is 1. The van der Waals surface area contributed by atoms with Crippen LogP contribution in [-0.4, -0.2) is 30.4 Å². The zero-order valence-electron chi connectivity index (χ0n) is 11.7. The van der Waals surface area contributed by atoms with Gasteiger partial charge in [-0.2, -0.15) is 0 Å². The summed E-state index contributed by atoms with van der Waals surface area (Å²) < 4.78 is 0. The van der Waals surface area contributed by atoms with Gasteiger partial charge in [-0.15, -0.1) is 0 Å². The van der Waals surface area contributed by atoms with Gasteiger partial charge in [0.2, 0.25) is 5.91 Å². The van der Waals surface area contributed by atoms with Gasteiger partial charge in [0.1, 0.15) is 0 Å².